The Morgan fingerprint density at radius 3 is 2.86 bits per heavy atom. The lowest BCUT2D eigenvalue weighted by atomic mass is 10.3. The summed E-state index contributed by atoms with van der Waals surface area (Å²) in [5, 5.41) is 2.36. The molecule has 1 aliphatic rings. The summed E-state index contributed by atoms with van der Waals surface area (Å²) in [6.07, 6.45) is 0.978. The fourth-order valence-corrected chi connectivity index (χ4v) is 3.43. The molecule has 112 valence electrons. The van der Waals surface area contributed by atoms with Gasteiger partial charge in [0.25, 0.3) is 5.91 Å². The van der Waals surface area contributed by atoms with Gasteiger partial charge in [-0.3, -0.25) is 9.69 Å². The molecule has 1 fully saturated rings. The highest BCUT2D eigenvalue weighted by Gasteiger charge is 2.22. The number of furan rings is 1. The van der Waals surface area contributed by atoms with E-state index in [1.54, 1.807) is 23.5 Å². The molecule has 0 atom stereocenters. The van der Waals surface area contributed by atoms with Crippen molar-refractivity contribution >= 4 is 28.8 Å². The molecule has 2 aromatic rings. The third-order valence-electron chi connectivity index (χ3n) is 3.62. The number of carbonyl (C=O) groups is 1. The molecule has 4 nitrogen and oxygen atoms in total. The largest absolute Gasteiger partial charge is 0.440 e. The molecule has 3 heterocycles. The zero-order valence-electron chi connectivity index (χ0n) is 11.6. The third-order valence-corrected chi connectivity index (χ3v) is 4.68. The summed E-state index contributed by atoms with van der Waals surface area (Å²) in [5.74, 6) is 0.256. The van der Waals surface area contributed by atoms with Crippen LogP contribution in [0.15, 0.2) is 34.1 Å². The van der Waals surface area contributed by atoms with Gasteiger partial charge >= 0.3 is 0 Å². The molecule has 0 radical (unpaired) electrons. The van der Waals surface area contributed by atoms with Crippen LogP contribution in [-0.2, 0) is 6.54 Å². The smallest absolute Gasteiger partial charge is 0.289 e. The Morgan fingerprint density at radius 1 is 1.24 bits per heavy atom. The average Bonchev–Trinajstić information content (AvgIpc) is 3.07. The Balaban J connectivity index is 1.59. The van der Waals surface area contributed by atoms with Gasteiger partial charge in [-0.1, -0.05) is 6.07 Å². The number of halogens is 1. The number of hydrogen-bond acceptors (Lipinski definition) is 4. The SMILES string of the molecule is O=C(c1ccc(Cl)o1)N1CCCN(Cc2cccs2)CC1. The van der Waals surface area contributed by atoms with Gasteiger partial charge in [-0.25, -0.2) is 0 Å². The predicted molar refractivity (Wildman–Crippen MR) is 83.8 cm³/mol. The van der Waals surface area contributed by atoms with E-state index in [1.807, 2.05) is 4.90 Å². The normalized spacial score (nSPS) is 16.9. The minimum absolute atomic E-state index is 0.0696. The topological polar surface area (TPSA) is 36.7 Å². The van der Waals surface area contributed by atoms with Crippen molar-refractivity contribution in [2.24, 2.45) is 0 Å². The summed E-state index contributed by atoms with van der Waals surface area (Å²) >= 11 is 7.51. The Bertz CT molecular complexity index is 597. The molecule has 21 heavy (non-hydrogen) atoms. The third kappa shape index (κ3) is 3.67. The van der Waals surface area contributed by atoms with Crippen molar-refractivity contribution < 1.29 is 9.21 Å². The van der Waals surface area contributed by atoms with E-state index in [9.17, 15) is 4.79 Å². The molecule has 2 aromatic heterocycles. The Hall–Kier alpha value is -1.30. The van der Waals surface area contributed by atoms with Crippen LogP contribution in [-0.4, -0.2) is 41.9 Å². The van der Waals surface area contributed by atoms with Gasteiger partial charge in [0.1, 0.15) is 0 Å². The van der Waals surface area contributed by atoms with Crippen LogP contribution in [0.1, 0.15) is 21.9 Å². The summed E-state index contributed by atoms with van der Waals surface area (Å²) in [6.45, 7) is 4.35. The van der Waals surface area contributed by atoms with E-state index in [4.69, 9.17) is 16.0 Å². The lowest BCUT2D eigenvalue weighted by molar-refractivity contribution is 0.0729. The van der Waals surface area contributed by atoms with Crippen LogP contribution in [0, 0.1) is 0 Å². The van der Waals surface area contributed by atoms with Crippen LogP contribution < -0.4 is 0 Å². The average molecular weight is 325 g/mol. The Labute approximate surface area is 132 Å². The maximum absolute atomic E-state index is 12.3. The summed E-state index contributed by atoms with van der Waals surface area (Å²) in [5.41, 5.74) is 0. The number of amides is 1. The molecule has 0 bridgehead atoms. The molecule has 6 heteroatoms. The minimum atomic E-state index is -0.0696. The molecule has 1 aliphatic heterocycles. The fraction of sp³-hybridized carbons (Fsp3) is 0.400. The molecule has 0 unspecified atom stereocenters. The molecule has 0 aromatic carbocycles. The van der Waals surface area contributed by atoms with Crippen LogP contribution >= 0.6 is 22.9 Å². The maximum atomic E-state index is 12.3. The molecule has 0 saturated carbocycles. The lowest BCUT2D eigenvalue weighted by Crippen LogP contribution is -2.34. The van der Waals surface area contributed by atoms with Crippen LogP contribution in [0.2, 0.25) is 5.22 Å². The summed E-state index contributed by atoms with van der Waals surface area (Å²) in [6, 6.07) is 7.48. The van der Waals surface area contributed by atoms with Crippen molar-refractivity contribution in [1.29, 1.82) is 0 Å². The summed E-state index contributed by atoms with van der Waals surface area (Å²) in [7, 11) is 0. The summed E-state index contributed by atoms with van der Waals surface area (Å²) < 4.78 is 5.21. The van der Waals surface area contributed by atoms with Crippen molar-refractivity contribution in [1.82, 2.24) is 9.80 Å². The molecular formula is C15H17ClN2O2S. The highest BCUT2D eigenvalue weighted by Crippen LogP contribution is 2.17. The van der Waals surface area contributed by atoms with E-state index in [0.29, 0.717) is 5.76 Å². The second-order valence-corrected chi connectivity index (χ2v) is 6.51. The first kappa shape index (κ1) is 14.6. The van der Waals surface area contributed by atoms with E-state index >= 15 is 0 Å². The molecule has 3 rings (SSSR count). The molecule has 1 saturated heterocycles. The zero-order chi connectivity index (χ0) is 14.7. The van der Waals surface area contributed by atoms with Gasteiger partial charge in [0.15, 0.2) is 11.0 Å². The quantitative estimate of drug-likeness (QED) is 0.869. The van der Waals surface area contributed by atoms with E-state index in [1.165, 1.54) is 4.88 Å². The van der Waals surface area contributed by atoms with Crippen molar-refractivity contribution in [2.45, 2.75) is 13.0 Å². The molecule has 0 N–H and O–H groups in total. The van der Waals surface area contributed by atoms with Crippen molar-refractivity contribution in [3.05, 3.63) is 45.5 Å². The van der Waals surface area contributed by atoms with Crippen LogP contribution in [0.5, 0.6) is 0 Å². The Morgan fingerprint density at radius 2 is 2.14 bits per heavy atom. The number of thiophene rings is 1. The van der Waals surface area contributed by atoms with Gasteiger partial charge in [0, 0.05) is 37.6 Å². The number of hydrogen-bond donors (Lipinski definition) is 0. The van der Waals surface area contributed by atoms with Crippen molar-refractivity contribution in [3.63, 3.8) is 0 Å². The minimum Gasteiger partial charge on any atom is -0.440 e. The standard InChI is InChI=1S/C15H17ClN2O2S/c16-14-5-4-13(20-14)15(19)18-7-2-6-17(8-9-18)11-12-3-1-10-21-12/h1,3-5,10H,2,6-9,11H2. The zero-order valence-corrected chi connectivity index (χ0v) is 13.2. The predicted octanol–water partition coefficient (Wildman–Crippen LogP) is 3.34. The monoisotopic (exact) mass is 324 g/mol. The second kappa shape index (κ2) is 6.64. The maximum Gasteiger partial charge on any atom is 0.289 e. The lowest BCUT2D eigenvalue weighted by Gasteiger charge is -2.20. The first-order valence-corrected chi connectivity index (χ1v) is 8.27. The molecular weight excluding hydrogens is 308 g/mol. The first-order chi connectivity index (χ1) is 10.2. The molecule has 0 spiro atoms. The van der Waals surface area contributed by atoms with Gasteiger partial charge in [-0.15, -0.1) is 11.3 Å². The van der Waals surface area contributed by atoms with Crippen molar-refractivity contribution in [3.8, 4) is 0 Å². The Kier molecular flexibility index (Phi) is 4.63. The second-order valence-electron chi connectivity index (χ2n) is 5.11. The van der Waals surface area contributed by atoms with E-state index < -0.39 is 0 Å². The van der Waals surface area contributed by atoms with Gasteiger partial charge in [0.2, 0.25) is 0 Å². The van der Waals surface area contributed by atoms with E-state index in [2.05, 4.69) is 22.4 Å². The van der Waals surface area contributed by atoms with Crippen molar-refractivity contribution in [2.75, 3.05) is 26.2 Å². The van der Waals surface area contributed by atoms with E-state index in [0.717, 1.165) is 39.1 Å². The van der Waals surface area contributed by atoms with Crippen LogP contribution in [0.4, 0.5) is 0 Å². The number of carbonyl (C=O) groups excluding carboxylic acids is 1. The first-order valence-electron chi connectivity index (χ1n) is 7.02. The highest BCUT2D eigenvalue weighted by molar-refractivity contribution is 7.09. The van der Waals surface area contributed by atoms with Crippen LogP contribution in [0.3, 0.4) is 0 Å². The number of nitrogens with zero attached hydrogens (tertiary/aromatic N) is 2. The highest BCUT2D eigenvalue weighted by atomic mass is 35.5. The van der Waals surface area contributed by atoms with Gasteiger partial charge in [-0.05, 0) is 41.6 Å². The van der Waals surface area contributed by atoms with Gasteiger partial charge < -0.3 is 9.32 Å². The van der Waals surface area contributed by atoms with Crippen LogP contribution in [0.25, 0.3) is 0 Å². The molecule has 1 amide bonds. The summed E-state index contributed by atoms with van der Waals surface area (Å²) in [4.78, 5) is 18.0. The van der Waals surface area contributed by atoms with E-state index in [-0.39, 0.29) is 11.1 Å². The molecule has 0 aliphatic carbocycles. The van der Waals surface area contributed by atoms with Gasteiger partial charge in [-0.2, -0.15) is 0 Å². The van der Waals surface area contributed by atoms with Gasteiger partial charge in [0.05, 0.1) is 0 Å². The number of rotatable bonds is 3. The fourth-order valence-electron chi connectivity index (χ4n) is 2.54.